The molecule has 1 unspecified atom stereocenters. The Hall–Kier alpha value is -1.23. The first-order valence-electron chi connectivity index (χ1n) is 4.92. The van der Waals surface area contributed by atoms with Crippen molar-refractivity contribution in [2.75, 3.05) is 13.6 Å². The Balaban J connectivity index is 2.68. The van der Waals surface area contributed by atoms with E-state index in [1.807, 2.05) is 14.0 Å². The average molecular weight is 233 g/mol. The van der Waals surface area contributed by atoms with Gasteiger partial charge < -0.3 is 10.1 Å². The average Bonchev–Trinajstić information content (AvgIpc) is 2.16. The van der Waals surface area contributed by atoms with Gasteiger partial charge in [-0.2, -0.15) is 0 Å². The molecule has 0 spiro atoms. The van der Waals surface area contributed by atoms with Gasteiger partial charge in [-0.3, -0.25) is 0 Å². The first-order chi connectivity index (χ1) is 7.42. The molecule has 1 atom stereocenters. The van der Waals surface area contributed by atoms with Crippen LogP contribution in [0.15, 0.2) is 24.3 Å². The number of likely N-dealkylation sites (N-methyl/N-ethyl adjacent to an activating group) is 1. The third-order valence-corrected chi connectivity index (χ3v) is 2.19. The molecule has 0 heterocycles. The van der Waals surface area contributed by atoms with Crippen molar-refractivity contribution in [1.82, 2.24) is 5.32 Å². The molecule has 0 aliphatic heterocycles. The lowest BCUT2D eigenvalue weighted by atomic mass is 10.0. The van der Waals surface area contributed by atoms with Crippen LogP contribution in [-0.4, -0.2) is 20.0 Å². The maximum absolute atomic E-state index is 11.9. The van der Waals surface area contributed by atoms with Crippen LogP contribution in [0.4, 0.5) is 13.2 Å². The molecule has 2 nitrogen and oxygen atoms in total. The summed E-state index contributed by atoms with van der Waals surface area (Å²) in [5.74, 6) is 0.0674. The molecular formula is C11H14F3NO. The molecule has 0 saturated carbocycles. The molecular weight excluding hydrogens is 219 g/mol. The molecule has 0 aromatic heterocycles. The second-order valence-corrected chi connectivity index (χ2v) is 3.58. The Morgan fingerprint density at radius 1 is 1.25 bits per heavy atom. The summed E-state index contributed by atoms with van der Waals surface area (Å²) in [5.41, 5.74) is 0.976. The van der Waals surface area contributed by atoms with E-state index in [2.05, 4.69) is 10.1 Å². The van der Waals surface area contributed by atoms with Crippen LogP contribution in [-0.2, 0) is 0 Å². The standard InChI is InChI=1S/C11H14F3NO/c1-8(7-15-2)9-3-5-10(6-4-9)16-11(12,13)14/h3-6,8,15H,7H2,1-2H3. The predicted molar refractivity (Wildman–Crippen MR) is 55.5 cm³/mol. The molecule has 90 valence electrons. The van der Waals surface area contributed by atoms with Gasteiger partial charge in [0.25, 0.3) is 0 Å². The third kappa shape index (κ3) is 4.10. The van der Waals surface area contributed by atoms with Crippen LogP contribution in [0.5, 0.6) is 5.75 Å². The lowest BCUT2D eigenvalue weighted by molar-refractivity contribution is -0.274. The second-order valence-electron chi connectivity index (χ2n) is 3.58. The smallest absolute Gasteiger partial charge is 0.406 e. The fraction of sp³-hybridized carbons (Fsp3) is 0.455. The van der Waals surface area contributed by atoms with Crippen LogP contribution in [0.1, 0.15) is 18.4 Å². The largest absolute Gasteiger partial charge is 0.573 e. The maximum Gasteiger partial charge on any atom is 0.573 e. The third-order valence-electron chi connectivity index (χ3n) is 2.19. The molecule has 1 rings (SSSR count). The number of hydrogen-bond donors (Lipinski definition) is 1. The van der Waals surface area contributed by atoms with E-state index >= 15 is 0 Å². The predicted octanol–water partition coefficient (Wildman–Crippen LogP) is 2.91. The summed E-state index contributed by atoms with van der Waals surface area (Å²) >= 11 is 0. The summed E-state index contributed by atoms with van der Waals surface area (Å²) in [5, 5.41) is 3.01. The highest BCUT2D eigenvalue weighted by atomic mass is 19.4. The molecule has 0 bridgehead atoms. The van der Waals surface area contributed by atoms with Crippen molar-refractivity contribution in [3.63, 3.8) is 0 Å². The van der Waals surface area contributed by atoms with Crippen molar-refractivity contribution in [2.45, 2.75) is 19.2 Å². The molecule has 1 N–H and O–H groups in total. The minimum Gasteiger partial charge on any atom is -0.406 e. The summed E-state index contributed by atoms with van der Waals surface area (Å²) in [6.45, 7) is 2.77. The van der Waals surface area contributed by atoms with Gasteiger partial charge in [-0.15, -0.1) is 13.2 Å². The molecule has 0 fully saturated rings. The van der Waals surface area contributed by atoms with Gasteiger partial charge in [0.15, 0.2) is 0 Å². The SMILES string of the molecule is CNCC(C)c1ccc(OC(F)(F)F)cc1. The van der Waals surface area contributed by atoms with E-state index in [4.69, 9.17) is 0 Å². The van der Waals surface area contributed by atoms with Crippen LogP contribution < -0.4 is 10.1 Å². The van der Waals surface area contributed by atoms with E-state index in [0.717, 1.165) is 12.1 Å². The highest BCUT2D eigenvalue weighted by molar-refractivity contribution is 5.29. The van der Waals surface area contributed by atoms with Gasteiger partial charge in [-0.25, -0.2) is 0 Å². The van der Waals surface area contributed by atoms with Gasteiger partial charge >= 0.3 is 6.36 Å². The van der Waals surface area contributed by atoms with E-state index in [0.29, 0.717) is 0 Å². The number of ether oxygens (including phenoxy) is 1. The first kappa shape index (κ1) is 12.8. The summed E-state index contributed by atoms with van der Waals surface area (Å²) in [4.78, 5) is 0. The second kappa shape index (κ2) is 5.21. The van der Waals surface area contributed by atoms with Crippen LogP contribution >= 0.6 is 0 Å². The highest BCUT2D eigenvalue weighted by Crippen LogP contribution is 2.24. The Morgan fingerprint density at radius 3 is 2.25 bits per heavy atom. The Morgan fingerprint density at radius 2 is 1.81 bits per heavy atom. The van der Waals surface area contributed by atoms with E-state index in [1.54, 1.807) is 12.1 Å². The normalized spacial score (nSPS) is 13.6. The number of rotatable bonds is 4. The Bertz CT molecular complexity index is 321. The maximum atomic E-state index is 11.9. The minimum atomic E-state index is -4.63. The molecule has 0 aliphatic rings. The van der Waals surface area contributed by atoms with Gasteiger partial charge in [0, 0.05) is 6.54 Å². The van der Waals surface area contributed by atoms with Crippen LogP contribution in [0.2, 0.25) is 0 Å². The molecule has 0 radical (unpaired) electrons. The van der Waals surface area contributed by atoms with Crippen molar-refractivity contribution >= 4 is 0 Å². The van der Waals surface area contributed by atoms with Gasteiger partial charge in [0.2, 0.25) is 0 Å². The summed E-state index contributed by atoms with van der Waals surface area (Å²) in [6.07, 6.45) is -4.63. The topological polar surface area (TPSA) is 21.3 Å². The van der Waals surface area contributed by atoms with Crippen molar-refractivity contribution < 1.29 is 17.9 Å². The van der Waals surface area contributed by atoms with Crippen LogP contribution in [0, 0.1) is 0 Å². The fourth-order valence-electron chi connectivity index (χ4n) is 1.42. The molecule has 1 aromatic carbocycles. The quantitative estimate of drug-likeness (QED) is 0.863. The van der Waals surface area contributed by atoms with Gasteiger partial charge in [-0.05, 0) is 30.7 Å². The van der Waals surface area contributed by atoms with Gasteiger partial charge in [0.05, 0.1) is 0 Å². The Labute approximate surface area is 92.4 Å². The summed E-state index contributed by atoms with van der Waals surface area (Å²) in [6, 6.07) is 5.94. The minimum absolute atomic E-state index is 0.187. The summed E-state index contributed by atoms with van der Waals surface area (Å²) < 4.78 is 39.4. The first-order valence-corrected chi connectivity index (χ1v) is 4.92. The Kier molecular flexibility index (Phi) is 4.18. The zero-order chi connectivity index (χ0) is 12.2. The van der Waals surface area contributed by atoms with E-state index in [9.17, 15) is 13.2 Å². The number of alkyl halides is 3. The monoisotopic (exact) mass is 233 g/mol. The molecule has 1 aromatic rings. The van der Waals surface area contributed by atoms with Gasteiger partial charge in [0.1, 0.15) is 5.75 Å². The van der Waals surface area contributed by atoms with Crippen molar-refractivity contribution in [1.29, 1.82) is 0 Å². The summed E-state index contributed by atoms with van der Waals surface area (Å²) in [7, 11) is 1.83. The molecule has 16 heavy (non-hydrogen) atoms. The lowest BCUT2D eigenvalue weighted by Crippen LogP contribution is -2.17. The van der Waals surface area contributed by atoms with Gasteiger partial charge in [-0.1, -0.05) is 19.1 Å². The van der Waals surface area contributed by atoms with Crippen molar-refractivity contribution in [3.05, 3.63) is 29.8 Å². The van der Waals surface area contributed by atoms with E-state index in [1.165, 1.54) is 12.1 Å². The molecule has 0 aliphatic carbocycles. The van der Waals surface area contributed by atoms with Crippen LogP contribution in [0.3, 0.4) is 0 Å². The number of hydrogen-bond acceptors (Lipinski definition) is 2. The molecule has 5 heteroatoms. The zero-order valence-corrected chi connectivity index (χ0v) is 9.14. The molecule has 0 amide bonds. The van der Waals surface area contributed by atoms with Crippen LogP contribution in [0.25, 0.3) is 0 Å². The molecule has 0 saturated heterocycles. The number of benzene rings is 1. The number of halogens is 3. The van der Waals surface area contributed by atoms with E-state index < -0.39 is 6.36 Å². The lowest BCUT2D eigenvalue weighted by Gasteiger charge is -2.13. The highest BCUT2D eigenvalue weighted by Gasteiger charge is 2.30. The van der Waals surface area contributed by atoms with Crippen molar-refractivity contribution in [3.8, 4) is 5.75 Å². The van der Waals surface area contributed by atoms with Crippen molar-refractivity contribution in [2.24, 2.45) is 0 Å². The van der Waals surface area contributed by atoms with E-state index in [-0.39, 0.29) is 11.7 Å². The zero-order valence-electron chi connectivity index (χ0n) is 9.14. The number of nitrogens with one attached hydrogen (secondary N) is 1. The fourth-order valence-corrected chi connectivity index (χ4v) is 1.42.